The number of nitrogens with zero attached hydrogens (tertiary/aromatic N) is 3. The van der Waals surface area contributed by atoms with Gasteiger partial charge in [0.2, 0.25) is 0 Å². The number of nitrogens with one attached hydrogen (secondary N) is 1. The Morgan fingerprint density at radius 3 is 2.69 bits per heavy atom. The van der Waals surface area contributed by atoms with Gasteiger partial charge in [-0.3, -0.25) is 0 Å². The molecule has 2 heterocycles. The molecule has 1 aromatic heterocycles. The number of hydrogen-bond donors (Lipinski definition) is 1. The van der Waals surface area contributed by atoms with Crippen LogP contribution in [0.2, 0.25) is 0 Å². The van der Waals surface area contributed by atoms with Gasteiger partial charge in [0.1, 0.15) is 0 Å². The van der Waals surface area contributed by atoms with E-state index in [1.165, 1.54) is 22.3 Å². The van der Waals surface area contributed by atoms with Gasteiger partial charge in [-0.1, -0.05) is 48.0 Å². The van der Waals surface area contributed by atoms with Crippen molar-refractivity contribution in [3.63, 3.8) is 0 Å². The van der Waals surface area contributed by atoms with Crippen LogP contribution in [0.4, 0.5) is 4.79 Å². The Morgan fingerprint density at radius 2 is 2.00 bits per heavy atom. The molecule has 29 heavy (non-hydrogen) atoms. The van der Waals surface area contributed by atoms with E-state index in [1.54, 1.807) is 6.20 Å². The van der Waals surface area contributed by atoms with Gasteiger partial charge in [-0.05, 0) is 54.7 Å². The standard InChI is InChI=1S/C24H26N4O/c1-19-4-2-5-22(18-19)21-11-16-27(17-12-21)24(29)25-14-10-20-6-8-23(9-7-20)28-15-3-13-26-28/h2-9,11,13,15,18H,10,12,14,16-17H2,1H3,(H,25,29). The summed E-state index contributed by atoms with van der Waals surface area (Å²) in [7, 11) is 0. The minimum absolute atomic E-state index is 0.0118. The minimum atomic E-state index is 0.0118. The second kappa shape index (κ2) is 8.78. The van der Waals surface area contributed by atoms with Gasteiger partial charge in [0, 0.05) is 32.0 Å². The normalized spacial score (nSPS) is 13.8. The summed E-state index contributed by atoms with van der Waals surface area (Å²) in [6, 6.07) is 18.7. The minimum Gasteiger partial charge on any atom is -0.338 e. The third-order valence-corrected chi connectivity index (χ3v) is 5.28. The molecule has 0 aliphatic carbocycles. The van der Waals surface area contributed by atoms with Gasteiger partial charge >= 0.3 is 6.03 Å². The van der Waals surface area contributed by atoms with Crippen molar-refractivity contribution in [2.24, 2.45) is 0 Å². The number of aromatic nitrogens is 2. The summed E-state index contributed by atoms with van der Waals surface area (Å²) < 4.78 is 1.83. The molecular formula is C24H26N4O. The summed E-state index contributed by atoms with van der Waals surface area (Å²) in [4.78, 5) is 14.3. The zero-order valence-electron chi connectivity index (χ0n) is 16.7. The molecule has 1 aliphatic rings. The fraction of sp³-hybridized carbons (Fsp3) is 0.250. The van der Waals surface area contributed by atoms with E-state index in [4.69, 9.17) is 0 Å². The maximum Gasteiger partial charge on any atom is 0.317 e. The zero-order valence-corrected chi connectivity index (χ0v) is 16.7. The Balaban J connectivity index is 1.25. The van der Waals surface area contributed by atoms with E-state index in [9.17, 15) is 4.79 Å². The number of amides is 2. The Hall–Kier alpha value is -3.34. The predicted octanol–water partition coefficient (Wildman–Crippen LogP) is 4.22. The third-order valence-electron chi connectivity index (χ3n) is 5.28. The average molecular weight is 386 g/mol. The fourth-order valence-corrected chi connectivity index (χ4v) is 3.62. The quantitative estimate of drug-likeness (QED) is 0.714. The van der Waals surface area contributed by atoms with E-state index in [0.717, 1.165) is 25.1 Å². The molecule has 3 aromatic rings. The summed E-state index contributed by atoms with van der Waals surface area (Å²) in [5.74, 6) is 0. The molecule has 1 N–H and O–H groups in total. The number of urea groups is 1. The fourth-order valence-electron chi connectivity index (χ4n) is 3.62. The van der Waals surface area contributed by atoms with Crippen LogP contribution in [0.3, 0.4) is 0 Å². The Labute approximate surface area is 171 Å². The molecular weight excluding hydrogens is 360 g/mol. The first-order valence-electron chi connectivity index (χ1n) is 10.1. The van der Waals surface area contributed by atoms with E-state index < -0.39 is 0 Å². The van der Waals surface area contributed by atoms with E-state index >= 15 is 0 Å². The summed E-state index contributed by atoms with van der Waals surface area (Å²) >= 11 is 0. The van der Waals surface area contributed by atoms with Crippen LogP contribution in [0.25, 0.3) is 11.3 Å². The van der Waals surface area contributed by atoms with Crippen LogP contribution < -0.4 is 5.32 Å². The molecule has 5 heteroatoms. The molecule has 2 aromatic carbocycles. The Morgan fingerprint density at radius 1 is 1.14 bits per heavy atom. The Bertz CT molecular complexity index is 990. The van der Waals surface area contributed by atoms with E-state index in [1.807, 2.05) is 34.0 Å². The van der Waals surface area contributed by atoms with Gasteiger partial charge in [-0.25, -0.2) is 9.48 Å². The predicted molar refractivity (Wildman–Crippen MR) is 116 cm³/mol. The summed E-state index contributed by atoms with van der Waals surface area (Å²) in [6.45, 7) is 4.15. The second-order valence-corrected chi connectivity index (χ2v) is 7.39. The highest BCUT2D eigenvalue weighted by atomic mass is 16.2. The molecule has 2 amide bonds. The summed E-state index contributed by atoms with van der Waals surface area (Å²) in [5, 5.41) is 7.28. The first-order chi connectivity index (χ1) is 14.2. The van der Waals surface area contributed by atoms with Crippen LogP contribution in [0, 0.1) is 6.92 Å². The van der Waals surface area contributed by atoms with Gasteiger partial charge in [-0.15, -0.1) is 0 Å². The van der Waals surface area contributed by atoms with Crippen molar-refractivity contribution in [2.45, 2.75) is 19.8 Å². The van der Waals surface area contributed by atoms with Crippen LogP contribution in [0.5, 0.6) is 0 Å². The van der Waals surface area contributed by atoms with E-state index in [-0.39, 0.29) is 6.03 Å². The molecule has 0 radical (unpaired) electrons. The van der Waals surface area contributed by atoms with E-state index in [2.05, 4.69) is 59.8 Å². The number of benzene rings is 2. The van der Waals surface area contributed by atoms with E-state index in [0.29, 0.717) is 13.1 Å². The van der Waals surface area contributed by atoms with Crippen molar-refractivity contribution in [2.75, 3.05) is 19.6 Å². The smallest absolute Gasteiger partial charge is 0.317 e. The Kier molecular flexibility index (Phi) is 5.75. The van der Waals surface area contributed by atoms with Gasteiger partial charge < -0.3 is 10.2 Å². The molecule has 0 atom stereocenters. The van der Waals surface area contributed by atoms with Crippen molar-refractivity contribution in [3.8, 4) is 5.69 Å². The number of aryl methyl sites for hydroxylation is 1. The first kappa shape index (κ1) is 19.0. The van der Waals surface area contributed by atoms with Crippen LogP contribution >= 0.6 is 0 Å². The third kappa shape index (κ3) is 4.74. The van der Waals surface area contributed by atoms with Gasteiger partial charge in [0.25, 0.3) is 0 Å². The molecule has 1 aliphatic heterocycles. The lowest BCUT2D eigenvalue weighted by Gasteiger charge is -2.27. The molecule has 0 unspecified atom stereocenters. The molecule has 0 saturated carbocycles. The summed E-state index contributed by atoms with van der Waals surface area (Å²) in [6.07, 6.45) is 7.57. The highest BCUT2D eigenvalue weighted by Gasteiger charge is 2.17. The molecule has 0 saturated heterocycles. The van der Waals surface area contributed by atoms with Crippen LogP contribution in [-0.2, 0) is 6.42 Å². The first-order valence-corrected chi connectivity index (χ1v) is 10.1. The molecule has 5 nitrogen and oxygen atoms in total. The zero-order chi connectivity index (χ0) is 20.1. The average Bonchev–Trinajstić information content (AvgIpc) is 3.29. The molecule has 0 bridgehead atoms. The lowest BCUT2D eigenvalue weighted by molar-refractivity contribution is 0.203. The van der Waals surface area contributed by atoms with Crippen molar-refractivity contribution < 1.29 is 4.79 Å². The number of rotatable bonds is 5. The van der Waals surface area contributed by atoms with Gasteiger partial charge in [-0.2, -0.15) is 5.10 Å². The summed E-state index contributed by atoms with van der Waals surface area (Å²) in [5.41, 5.74) is 6.09. The molecule has 4 rings (SSSR count). The maximum atomic E-state index is 12.5. The van der Waals surface area contributed by atoms with Crippen LogP contribution in [0.1, 0.15) is 23.1 Å². The number of carbonyl (C=O) groups is 1. The topological polar surface area (TPSA) is 50.2 Å². The lowest BCUT2D eigenvalue weighted by atomic mass is 9.98. The highest BCUT2D eigenvalue weighted by molar-refractivity contribution is 5.76. The lowest BCUT2D eigenvalue weighted by Crippen LogP contribution is -2.42. The number of hydrogen-bond acceptors (Lipinski definition) is 2. The highest BCUT2D eigenvalue weighted by Crippen LogP contribution is 2.23. The number of carbonyl (C=O) groups excluding carboxylic acids is 1. The van der Waals surface area contributed by atoms with Crippen LogP contribution in [-0.4, -0.2) is 40.3 Å². The molecule has 0 fully saturated rings. The molecule has 148 valence electrons. The molecule has 0 spiro atoms. The second-order valence-electron chi connectivity index (χ2n) is 7.39. The monoisotopic (exact) mass is 386 g/mol. The maximum absolute atomic E-state index is 12.5. The van der Waals surface area contributed by atoms with Crippen molar-refractivity contribution in [3.05, 3.63) is 89.8 Å². The van der Waals surface area contributed by atoms with Crippen molar-refractivity contribution in [1.82, 2.24) is 20.0 Å². The SMILES string of the molecule is Cc1cccc(C2=CCN(C(=O)NCCc3ccc(-n4cccn4)cc3)CC2)c1. The largest absolute Gasteiger partial charge is 0.338 e. The van der Waals surface area contributed by atoms with Crippen molar-refractivity contribution in [1.29, 1.82) is 0 Å². The van der Waals surface area contributed by atoms with Crippen molar-refractivity contribution >= 4 is 11.6 Å². The van der Waals surface area contributed by atoms with Gasteiger partial charge in [0.15, 0.2) is 0 Å². The van der Waals surface area contributed by atoms with Crippen LogP contribution in [0.15, 0.2) is 73.1 Å². The van der Waals surface area contributed by atoms with Gasteiger partial charge in [0.05, 0.1) is 5.69 Å².